The molecule has 68 valence electrons. The fourth-order valence-electron chi connectivity index (χ4n) is 2.24. The summed E-state index contributed by atoms with van der Waals surface area (Å²) in [6, 6.07) is 0. The average Bonchev–Trinajstić information content (AvgIpc) is 2.80. The summed E-state index contributed by atoms with van der Waals surface area (Å²) < 4.78 is 10.2. The summed E-state index contributed by atoms with van der Waals surface area (Å²) in [4.78, 5) is 9.97. The van der Waals surface area contributed by atoms with Gasteiger partial charge in [0.2, 0.25) is 0 Å². The van der Waals surface area contributed by atoms with E-state index in [1.54, 1.807) is 0 Å². The number of epoxide rings is 1. The van der Waals surface area contributed by atoms with Gasteiger partial charge in [0.25, 0.3) is 6.47 Å². The zero-order chi connectivity index (χ0) is 8.55. The first-order chi connectivity index (χ1) is 5.81. The Balaban J connectivity index is 1.80. The molecule has 0 aromatic heterocycles. The lowest BCUT2D eigenvalue weighted by Gasteiger charge is -2.22. The highest BCUT2D eigenvalue weighted by atomic mass is 16.6. The molecular weight excluding hydrogens is 156 g/mol. The molecule has 1 heterocycles. The second-order valence-corrected chi connectivity index (χ2v) is 3.88. The maximum absolute atomic E-state index is 9.97. The van der Waals surface area contributed by atoms with Crippen molar-refractivity contribution in [1.82, 2.24) is 0 Å². The predicted molar refractivity (Wildman–Crippen MR) is 42.6 cm³/mol. The van der Waals surface area contributed by atoms with E-state index in [0.717, 1.165) is 12.8 Å². The minimum absolute atomic E-state index is 0.467. The molecule has 1 aliphatic carbocycles. The standard InChI is InChI=1S/C9H14O3/c1-6-2-7(4-11-5-10)3-8-9(6)12-8/h5-9H,2-4H2,1H3. The van der Waals surface area contributed by atoms with Gasteiger partial charge in [0.1, 0.15) is 0 Å². The van der Waals surface area contributed by atoms with Gasteiger partial charge in [0.05, 0.1) is 18.8 Å². The van der Waals surface area contributed by atoms with Crippen LogP contribution >= 0.6 is 0 Å². The Morgan fingerprint density at radius 3 is 3.08 bits per heavy atom. The lowest BCUT2D eigenvalue weighted by molar-refractivity contribution is -0.130. The predicted octanol–water partition coefficient (Wildman–Crippen LogP) is 0.973. The molecule has 0 bridgehead atoms. The van der Waals surface area contributed by atoms with Crippen LogP contribution in [0, 0.1) is 11.8 Å². The van der Waals surface area contributed by atoms with Gasteiger partial charge in [0, 0.05) is 0 Å². The summed E-state index contributed by atoms with van der Waals surface area (Å²) in [6.45, 7) is 3.31. The molecule has 4 unspecified atom stereocenters. The van der Waals surface area contributed by atoms with E-state index in [1.165, 1.54) is 0 Å². The van der Waals surface area contributed by atoms with Gasteiger partial charge < -0.3 is 9.47 Å². The molecule has 1 saturated heterocycles. The molecule has 0 spiro atoms. The van der Waals surface area contributed by atoms with Gasteiger partial charge in [-0.1, -0.05) is 6.92 Å². The fourth-order valence-corrected chi connectivity index (χ4v) is 2.24. The lowest BCUT2D eigenvalue weighted by Crippen LogP contribution is -2.24. The SMILES string of the molecule is CC1CC(COC=O)CC2OC12. The Hall–Kier alpha value is -0.570. The van der Waals surface area contributed by atoms with Gasteiger partial charge in [-0.15, -0.1) is 0 Å². The van der Waals surface area contributed by atoms with E-state index in [0.29, 0.717) is 37.1 Å². The number of hydrogen-bond donors (Lipinski definition) is 0. The van der Waals surface area contributed by atoms with Crippen LogP contribution in [0.3, 0.4) is 0 Å². The first kappa shape index (κ1) is 8.05. The van der Waals surface area contributed by atoms with Crippen LogP contribution in [0.1, 0.15) is 19.8 Å². The number of carbonyl (C=O) groups is 1. The molecule has 2 rings (SSSR count). The van der Waals surface area contributed by atoms with E-state index in [2.05, 4.69) is 6.92 Å². The number of fused-ring (bicyclic) bond motifs is 1. The lowest BCUT2D eigenvalue weighted by atomic mass is 9.83. The van der Waals surface area contributed by atoms with Crippen LogP contribution in [0.25, 0.3) is 0 Å². The van der Waals surface area contributed by atoms with Crippen LogP contribution in [-0.4, -0.2) is 25.3 Å². The Morgan fingerprint density at radius 2 is 2.42 bits per heavy atom. The second-order valence-electron chi connectivity index (χ2n) is 3.88. The third-order valence-electron chi connectivity index (χ3n) is 2.85. The highest BCUT2D eigenvalue weighted by Crippen LogP contribution is 2.43. The van der Waals surface area contributed by atoms with Crippen molar-refractivity contribution in [3.63, 3.8) is 0 Å². The third kappa shape index (κ3) is 1.46. The second kappa shape index (κ2) is 3.05. The van der Waals surface area contributed by atoms with Gasteiger partial charge in [-0.3, -0.25) is 4.79 Å². The van der Waals surface area contributed by atoms with Gasteiger partial charge in [-0.25, -0.2) is 0 Å². The molecule has 0 radical (unpaired) electrons. The molecule has 2 aliphatic rings. The van der Waals surface area contributed by atoms with Crippen LogP contribution in [0.5, 0.6) is 0 Å². The van der Waals surface area contributed by atoms with E-state index in [9.17, 15) is 4.79 Å². The maximum Gasteiger partial charge on any atom is 0.293 e. The van der Waals surface area contributed by atoms with Crippen LogP contribution < -0.4 is 0 Å². The highest BCUT2D eigenvalue weighted by molar-refractivity contribution is 5.36. The van der Waals surface area contributed by atoms with Crippen molar-refractivity contribution in [2.45, 2.75) is 32.0 Å². The van der Waals surface area contributed by atoms with Gasteiger partial charge in [-0.2, -0.15) is 0 Å². The molecule has 0 amide bonds. The zero-order valence-corrected chi connectivity index (χ0v) is 7.23. The van der Waals surface area contributed by atoms with Gasteiger partial charge in [-0.05, 0) is 24.7 Å². The molecule has 1 saturated carbocycles. The molecule has 4 atom stereocenters. The average molecular weight is 170 g/mol. The van der Waals surface area contributed by atoms with Crippen molar-refractivity contribution in [2.24, 2.45) is 11.8 Å². The molecule has 0 aromatic carbocycles. The summed E-state index contributed by atoms with van der Waals surface area (Å²) in [7, 11) is 0. The van der Waals surface area contributed by atoms with E-state index in [-0.39, 0.29) is 0 Å². The highest BCUT2D eigenvalue weighted by Gasteiger charge is 2.48. The van der Waals surface area contributed by atoms with Crippen molar-refractivity contribution in [2.75, 3.05) is 6.61 Å². The quantitative estimate of drug-likeness (QED) is 0.468. The molecule has 0 aromatic rings. The van der Waals surface area contributed by atoms with Crippen molar-refractivity contribution >= 4 is 6.47 Å². The van der Waals surface area contributed by atoms with Gasteiger partial charge >= 0.3 is 0 Å². The Morgan fingerprint density at radius 1 is 1.58 bits per heavy atom. The minimum Gasteiger partial charge on any atom is -0.468 e. The minimum atomic E-state index is 0.467. The Kier molecular flexibility index (Phi) is 2.05. The van der Waals surface area contributed by atoms with Crippen LogP contribution in [0.2, 0.25) is 0 Å². The number of rotatable bonds is 3. The third-order valence-corrected chi connectivity index (χ3v) is 2.85. The monoisotopic (exact) mass is 170 g/mol. The fraction of sp³-hybridized carbons (Fsp3) is 0.889. The van der Waals surface area contributed by atoms with Crippen LogP contribution in [-0.2, 0) is 14.3 Å². The number of hydrogen-bond acceptors (Lipinski definition) is 3. The topological polar surface area (TPSA) is 38.8 Å². The molecule has 2 fully saturated rings. The first-order valence-electron chi connectivity index (χ1n) is 4.52. The van der Waals surface area contributed by atoms with Crippen LogP contribution in [0.15, 0.2) is 0 Å². The van der Waals surface area contributed by atoms with E-state index >= 15 is 0 Å². The molecular formula is C9H14O3. The van der Waals surface area contributed by atoms with E-state index in [4.69, 9.17) is 9.47 Å². The Bertz CT molecular complexity index is 181. The van der Waals surface area contributed by atoms with Crippen molar-refractivity contribution in [1.29, 1.82) is 0 Å². The molecule has 12 heavy (non-hydrogen) atoms. The normalized spacial score (nSPS) is 44.8. The Labute approximate surface area is 72.0 Å². The smallest absolute Gasteiger partial charge is 0.293 e. The van der Waals surface area contributed by atoms with Crippen molar-refractivity contribution in [3.8, 4) is 0 Å². The van der Waals surface area contributed by atoms with Crippen molar-refractivity contribution < 1.29 is 14.3 Å². The summed E-state index contributed by atoms with van der Waals surface area (Å²) in [6.07, 6.45) is 3.18. The molecule has 3 nitrogen and oxygen atoms in total. The van der Waals surface area contributed by atoms with E-state index in [1.807, 2.05) is 0 Å². The van der Waals surface area contributed by atoms with E-state index < -0.39 is 0 Å². The largest absolute Gasteiger partial charge is 0.468 e. The number of ether oxygens (including phenoxy) is 2. The zero-order valence-electron chi connectivity index (χ0n) is 7.23. The van der Waals surface area contributed by atoms with Crippen LogP contribution in [0.4, 0.5) is 0 Å². The molecule has 3 heteroatoms. The summed E-state index contributed by atoms with van der Waals surface area (Å²) >= 11 is 0. The number of carbonyl (C=O) groups excluding carboxylic acids is 1. The molecule has 1 aliphatic heterocycles. The van der Waals surface area contributed by atoms with Gasteiger partial charge in [0.15, 0.2) is 0 Å². The summed E-state index contributed by atoms with van der Waals surface area (Å²) in [5.41, 5.74) is 0. The summed E-state index contributed by atoms with van der Waals surface area (Å²) in [5.74, 6) is 1.16. The summed E-state index contributed by atoms with van der Waals surface area (Å²) in [5, 5.41) is 0. The first-order valence-corrected chi connectivity index (χ1v) is 4.52. The maximum atomic E-state index is 9.97. The van der Waals surface area contributed by atoms with Crippen molar-refractivity contribution in [3.05, 3.63) is 0 Å². The molecule has 0 N–H and O–H groups in total.